The maximum atomic E-state index is 12.1. The molecule has 0 bridgehead atoms. The van der Waals surface area contributed by atoms with Gasteiger partial charge in [-0.05, 0) is 50.4 Å². The largest absolute Gasteiger partial charge is 0.398 e. The Morgan fingerprint density at radius 2 is 2.10 bits per heavy atom. The minimum absolute atomic E-state index is 0.0726. The molecule has 0 radical (unpaired) electrons. The van der Waals surface area contributed by atoms with Gasteiger partial charge in [0.15, 0.2) is 0 Å². The molecule has 0 spiro atoms. The molecule has 4 nitrogen and oxygen atoms in total. The lowest BCUT2D eigenvalue weighted by atomic mass is 9.99. The van der Waals surface area contributed by atoms with Crippen LogP contribution in [-0.2, 0) is 0 Å². The molecule has 3 N–H and O–H groups in total. The van der Waals surface area contributed by atoms with E-state index in [-0.39, 0.29) is 5.91 Å². The number of likely N-dealkylation sites (tertiary alicyclic amines) is 1. The summed E-state index contributed by atoms with van der Waals surface area (Å²) < 4.78 is 0. The molecule has 1 aromatic carbocycles. The van der Waals surface area contributed by atoms with E-state index in [0.717, 1.165) is 31.1 Å². The van der Waals surface area contributed by atoms with Crippen LogP contribution in [0.2, 0.25) is 0 Å². The third-order valence-corrected chi connectivity index (χ3v) is 4.16. The van der Waals surface area contributed by atoms with Crippen LogP contribution in [0.3, 0.4) is 0 Å². The summed E-state index contributed by atoms with van der Waals surface area (Å²) >= 11 is 0. The topological polar surface area (TPSA) is 58.4 Å². The first-order valence-corrected chi connectivity index (χ1v) is 7.43. The Kier molecular flexibility index (Phi) is 5.01. The lowest BCUT2D eigenvalue weighted by Crippen LogP contribution is -2.39. The van der Waals surface area contributed by atoms with Crippen LogP contribution in [0, 0.1) is 12.8 Å². The monoisotopic (exact) mass is 275 g/mol. The highest BCUT2D eigenvalue weighted by molar-refractivity contribution is 5.99. The van der Waals surface area contributed by atoms with Gasteiger partial charge in [0.2, 0.25) is 0 Å². The van der Waals surface area contributed by atoms with Crippen molar-refractivity contribution in [2.24, 2.45) is 5.92 Å². The Bertz CT molecular complexity index is 465. The summed E-state index contributed by atoms with van der Waals surface area (Å²) in [6.45, 7) is 8.11. The Labute approximate surface area is 121 Å². The second kappa shape index (κ2) is 6.75. The highest BCUT2D eigenvalue weighted by Crippen LogP contribution is 2.17. The number of rotatable bonds is 4. The first-order valence-electron chi connectivity index (χ1n) is 7.43. The van der Waals surface area contributed by atoms with Gasteiger partial charge >= 0.3 is 0 Å². The second-order valence-corrected chi connectivity index (χ2v) is 5.82. The zero-order valence-corrected chi connectivity index (χ0v) is 12.5. The molecule has 110 valence electrons. The number of benzene rings is 1. The lowest BCUT2D eigenvalue weighted by Gasteiger charge is -2.30. The number of nitrogens with two attached hydrogens (primary N) is 1. The number of hydrogen-bond donors (Lipinski definition) is 2. The molecule has 1 aliphatic rings. The Balaban J connectivity index is 1.79. The molecule has 0 atom stereocenters. The summed E-state index contributed by atoms with van der Waals surface area (Å²) in [6.07, 6.45) is 2.53. The molecule has 0 aromatic heterocycles. The Hall–Kier alpha value is -1.55. The zero-order chi connectivity index (χ0) is 14.5. The fourth-order valence-corrected chi connectivity index (χ4v) is 2.59. The van der Waals surface area contributed by atoms with Crippen molar-refractivity contribution >= 4 is 11.6 Å². The maximum Gasteiger partial charge on any atom is 0.253 e. The van der Waals surface area contributed by atoms with Crippen LogP contribution >= 0.6 is 0 Å². The third kappa shape index (κ3) is 3.73. The van der Waals surface area contributed by atoms with Gasteiger partial charge in [-0.2, -0.15) is 0 Å². The third-order valence-electron chi connectivity index (χ3n) is 4.16. The van der Waals surface area contributed by atoms with Crippen LogP contribution in [0.4, 0.5) is 5.69 Å². The van der Waals surface area contributed by atoms with Gasteiger partial charge in [-0.1, -0.05) is 19.1 Å². The average molecular weight is 275 g/mol. The molecular weight excluding hydrogens is 250 g/mol. The van der Waals surface area contributed by atoms with Crippen molar-refractivity contribution in [3.63, 3.8) is 0 Å². The van der Waals surface area contributed by atoms with Gasteiger partial charge in [0, 0.05) is 18.8 Å². The number of carbonyl (C=O) groups excluding carboxylic acids is 1. The quantitative estimate of drug-likeness (QED) is 0.827. The van der Waals surface area contributed by atoms with Gasteiger partial charge in [0.1, 0.15) is 0 Å². The Morgan fingerprint density at radius 3 is 2.80 bits per heavy atom. The summed E-state index contributed by atoms with van der Waals surface area (Å²) in [5.74, 6) is 0.768. The highest BCUT2D eigenvalue weighted by atomic mass is 16.1. The molecule has 1 aromatic rings. The highest BCUT2D eigenvalue weighted by Gasteiger charge is 2.16. The molecule has 0 aliphatic carbocycles. The predicted molar refractivity (Wildman–Crippen MR) is 82.8 cm³/mol. The van der Waals surface area contributed by atoms with Crippen molar-refractivity contribution in [3.8, 4) is 0 Å². The van der Waals surface area contributed by atoms with Crippen molar-refractivity contribution in [2.45, 2.75) is 26.7 Å². The van der Waals surface area contributed by atoms with E-state index >= 15 is 0 Å². The fourth-order valence-electron chi connectivity index (χ4n) is 2.59. The first kappa shape index (κ1) is 14.9. The number of nitrogens with one attached hydrogen (secondary N) is 1. The van der Waals surface area contributed by atoms with Crippen LogP contribution in [0.1, 0.15) is 35.7 Å². The number of nitrogens with zero attached hydrogens (tertiary/aromatic N) is 1. The van der Waals surface area contributed by atoms with E-state index in [1.54, 1.807) is 6.07 Å². The summed E-state index contributed by atoms with van der Waals surface area (Å²) in [7, 11) is 0. The van der Waals surface area contributed by atoms with Crippen molar-refractivity contribution in [1.29, 1.82) is 0 Å². The van der Waals surface area contributed by atoms with Crippen LogP contribution in [0.25, 0.3) is 0 Å². The molecule has 20 heavy (non-hydrogen) atoms. The van der Waals surface area contributed by atoms with Gasteiger partial charge in [-0.25, -0.2) is 0 Å². The molecule has 1 amide bonds. The molecule has 1 aliphatic heterocycles. The van der Waals surface area contributed by atoms with Gasteiger partial charge in [-0.15, -0.1) is 0 Å². The fraction of sp³-hybridized carbons (Fsp3) is 0.562. The summed E-state index contributed by atoms with van der Waals surface area (Å²) in [4.78, 5) is 14.5. The summed E-state index contributed by atoms with van der Waals surface area (Å²) in [6, 6.07) is 5.56. The van der Waals surface area contributed by atoms with Crippen molar-refractivity contribution < 1.29 is 4.79 Å². The molecule has 0 saturated carbocycles. The number of aryl methyl sites for hydroxylation is 1. The normalized spacial score (nSPS) is 17.1. The number of hydrogen-bond acceptors (Lipinski definition) is 3. The first-order chi connectivity index (χ1) is 9.58. The number of piperidine rings is 1. The standard InChI is InChI=1S/C16H25N3O/c1-12-6-9-19(10-7-12)11-8-18-16(20)14-5-3-4-13(2)15(14)17/h3-5,12H,6-11,17H2,1-2H3,(H,18,20). The number of anilines is 1. The van der Waals surface area contributed by atoms with E-state index < -0.39 is 0 Å². The number of nitrogen functional groups attached to an aromatic ring is 1. The van der Waals surface area contributed by atoms with Gasteiger partial charge in [0.05, 0.1) is 5.56 Å². The minimum atomic E-state index is -0.0726. The molecule has 2 rings (SSSR count). The van der Waals surface area contributed by atoms with E-state index in [9.17, 15) is 4.79 Å². The number of para-hydroxylation sites is 1. The van der Waals surface area contributed by atoms with Gasteiger partial charge < -0.3 is 16.0 Å². The average Bonchev–Trinajstić information content (AvgIpc) is 2.44. The van der Waals surface area contributed by atoms with E-state index in [2.05, 4.69) is 17.1 Å². The predicted octanol–water partition coefficient (Wildman–Crippen LogP) is 2.04. The molecule has 1 saturated heterocycles. The summed E-state index contributed by atoms with van der Waals surface area (Å²) in [5.41, 5.74) is 8.05. The zero-order valence-electron chi connectivity index (χ0n) is 12.5. The molecule has 1 heterocycles. The van der Waals surface area contributed by atoms with E-state index in [1.165, 1.54) is 12.8 Å². The van der Waals surface area contributed by atoms with E-state index in [4.69, 9.17) is 5.73 Å². The minimum Gasteiger partial charge on any atom is -0.398 e. The molecule has 4 heteroatoms. The number of amides is 1. The van der Waals surface area contributed by atoms with Crippen molar-refractivity contribution in [3.05, 3.63) is 29.3 Å². The maximum absolute atomic E-state index is 12.1. The molecular formula is C16H25N3O. The summed E-state index contributed by atoms with van der Waals surface area (Å²) in [5, 5.41) is 2.96. The SMILES string of the molecule is Cc1cccc(C(=O)NCCN2CCC(C)CC2)c1N. The molecule has 0 unspecified atom stereocenters. The van der Waals surface area contributed by atoms with E-state index in [0.29, 0.717) is 17.8 Å². The van der Waals surface area contributed by atoms with Gasteiger partial charge in [0.25, 0.3) is 5.91 Å². The van der Waals surface area contributed by atoms with Crippen LogP contribution in [-0.4, -0.2) is 37.0 Å². The Morgan fingerprint density at radius 1 is 1.40 bits per heavy atom. The number of carbonyl (C=O) groups is 1. The van der Waals surface area contributed by atoms with E-state index in [1.807, 2.05) is 19.1 Å². The lowest BCUT2D eigenvalue weighted by molar-refractivity contribution is 0.0945. The smallest absolute Gasteiger partial charge is 0.253 e. The van der Waals surface area contributed by atoms with Crippen molar-refractivity contribution in [1.82, 2.24) is 10.2 Å². The van der Waals surface area contributed by atoms with Crippen LogP contribution < -0.4 is 11.1 Å². The molecule has 1 fully saturated rings. The van der Waals surface area contributed by atoms with Gasteiger partial charge in [-0.3, -0.25) is 4.79 Å². The van der Waals surface area contributed by atoms with Crippen LogP contribution in [0.15, 0.2) is 18.2 Å². The van der Waals surface area contributed by atoms with Crippen LogP contribution in [0.5, 0.6) is 0 Å². The second-order valence-electron chi connectivity index (χ2n) is 5.82. The van der Waals surface area contributed by atoms with Crippen molar-refractivity contribution in [2.75, 3.05) is 31.9 Å².